The quantitative estimate of drug-likeness (QED) is 0.461. The van der Waals surface area contributed by atoms with Crippen LogP contribution < -0.4 is 10.0 Å². The standard InChI is InChI=1S/C20H12ClF3N2O4S/c21-14-4-9-5-18(19(14)27)31(29,30)26-17-6-13(15(23)7-16(17)24)12-2-1-11(22)3-10(12)8-25-20(9)28/h1-7,26-27H,8H2,(H,25,28). The normalized spacial score (nSPS) is 14.9. The molecule has 3 N–H and O–H groups in total. The Morgan fingerprint density at radius 2 is 1.71 bits per heavy atom. The summed E-state index contributed by atoms with van der Waals surface area (Å²) in [6, 6.07) is 6.61. The van der Waals surface area contributed by atoms with Crippen LogP contribution in [0.3, 0.4) is 0 Å². The third-order valence-electron chi connectivity index (χ3n) is 4.68. The van der Waals surface area contributed by atoms with Gasteiger partial charge in [-0.15, -0.1) is 0 Å². The Morgan fingerprint density at radius 3 is 2.45 bits per heavy atom. The fourth-order valence-corrected chi connectivity index (χ4v) is 4.67. The second kappa shape index (κ2) is 7.47. The van der Waals surface area contributed by atoms with E-state index in [1.165, 1.54) is 6.07 Å². The number of rotatable bonds is 0. The summed E-state index contributed by atoms with van der Waals surface area (Å²) in [7, 11) is -4.64. The summed E-state index contributed by atoms with van der Waals surface area (Å²) in [5.41, 5.74) is -0.787. The number of sulfonamides is 1. The lowest BCUT2D eigenvalue weighted by atomic mass is 9.98. The molecule has 31 heavy (non-hydrogen) atoms. The van der Waals surface area contributed by atoms with Crippen molar-refractivity contribution in [2.75, 3.05) is 4.72 Å². The van der Waals surface area contributed by atoms with Crippen molar-refractivity contribution in [2.45, 2.75) is 11.4 Å². The maximum absolute atomic E-state index is 14.6. The van der Waals surface area contributed by atoms with Crippen molar-refractivity contribution in [1.82, 2.24) is 5.32 Å². The minimum absolute atomic E-state index is 0.117. The number of anilines is 1. The maximum atomic E-state index is 14.6. The van der Waals surface area contributed by atoms with Gasteiger partial charge in [-0.25, -0.2) is 21.6 Å². The number of halogens is 4. The van der Waals surface area contributed by atoms with Gasteiger partial charge in [0.05, 0.1) is 10.7 Å². The summed E-state index contributed by atoms with van der Waals surface area (Å²) in [5.74, 6) is -4.55. The Morgan fingerprint density at radius 1 is 0.968 bits per heavy atom. The molecule has 0 fully saturated rings. The maximum Gasteiger partial charge on any atom is 0.265 e. The van der Waals surface area contributed by atoms with Gasteiger partial charge in [0.15, 0.2) is 5.75 Å². The number of carbonyl (C=O) groups is 1. The predicted octanol–water partition coefficient (Wildman–Crippen LogP) is 4.17. The molecule has 1 heterocycles. The lowest BCUT2D eigenvalue weighted by Crippen LogP contribution is -2.23. The number of fused-ring (bicyclic) bond motifs is 6. The summed E-state index contributed by atoms with van der Waals surface area (Å²) in [6.07, 6.45) is 0. The number of carbonyl (C=O) groups excluding carboxylic acids is 1. The van der Waals surface area contributed by atoms with Gasteiger partial charge in [-0.2, -0.15) is 0 Å². The summed E-state index contributed by atoms with van der Waals surface area (Å²) in [6.45, 7) is -0.258. The zero-order valence-corrected chi connectivity index (χ0v) is 16.9. The summed E-state index contributed by atoms with van der Waals surface area (Å²) in [5, 5.41) is 12.2. The highest BCUT2D eigenvalue weighted by molar-refractivity contribution is 7.92. The van der Waals surface area contributed by atoms with E-state index in [2.05, 4.69) is 5.32 Å². The number of hydrogen-bond donors (Lipinski definition) is 3. The molecule has 6 nitrogen and oxygen atoms in total. The van der Waals surface area contributed by atoms with Crippen LogP contribution in [0.25, 0.3) is 11.1 Å². The van der Waals surface area contributed by atoms with Gasteiger partial charge < -0.3 is 10.4 Å². The molecular weight excluding hydrogens is 457 g/mol. The average Bonchev–Trinajstić information content (AvgIpc) is 2.70. The lowest BCUT2D eigenvalue weighted by molar-refractivity contribution is 0.0950. The molecule has 0 spiro atoms. The van der Waals surface area contributed by atoms with Gasteiger partial charge in [-0.3, -0.25) is 9.52 Å². The van der Waals surface area contributed by atoms with E-state index in [-0.39, 0.29) is 28.8 Å². The van der Waals surface area contributed by atoms with Crippen LogP contribution in [0.15, 0.2) is 47.4 Å². The van der Waals surface area contributed by atoms with Gasteiger partial charge in [-0.05, 0) is 41.5 Å². The minimum Gasteiger partial charge on any atom is -0.505 e. The number of phenolic OH excluding ortho intramolecular Hbond substituents is 1. The molecule has 4 rings (SSSR count). The van der Waals surface area contributed by atoms with Crippen molar-refractivity contribution < 1.29 is 31.5 Å². The highest BCUT2D eigenvalue weighted by Gasteiger charge is 2.26. The third kappa shape index (κ3) is 3.79. The molecule has 3 aromatic rings. The molecule has 0 radical (unpaired) electrons. The molecule has 11 heteroatoms. The largest absolute Gasteiger partial charge is 0.505 e. The monoisotopic (exact) mass is 468 g/mol. The minimum atomic E-state index is -4.64. The first-order valence-electron chi connectivity index (χ1n) is 8.68. The van der Waals surface area contributed by atoms with Crippen molar-refractivity contribution in [3.05, 3.63) is 76.1 Å². The second-order valence-corrected chi connectivity index (χ2v) is 8.76. The molecule has 0 aliphatic carbocycles. The van der Waals surface area contributed by atoms with Gasteiger partial charge >= 0.3 is 0 Å². The number of nitrogens with one attached hydrogen (secondary N) is 2. The van der Waals surface area contributed by atoms with E-state index in [1.807, 2.05) is 4.72 Å². The lowest BCUT2D eigenvalue weighted by Gasteiger charge is -2.14. The van der Waals surface area contributed by atoms with Gasteiger partial charge in [0.25, 0.3) is 15.9 Å². The molecule has 0 unspecified atom stereocenters. The van der Waals surface area contributed by atoms with Crippen molar-refractivity contribution >= 4 is 33.2 Å². The van der Waals surface area contributed by atoms with Crippen molar-refractivity contribution in [3.63, 3.8) is 0 Å². The molecule has 0 saturated heterocycles. The van der Waals surface area contributed by atoms with Crippen LogP contribution in [0.5, 0.6) is 5.75 Å². The van der Waals surface area contributed by atoms with Crippen LogP contribution in [0.4, 0.5) is 18.9 Å². The summed E-state index contributed by atoms with van der Waals surface area (Å²) in [4.78, 5) is 11.8. The second-order valence-electron chi connectivity index (χ2n) is 6.71. The van der Waals surface area contributed by atoms with Gasteiger partial charge in [0.2, 0.25) is 0 Å². The predicted molar refractivity (Wildman–Crippen MR) is 107 cm³/mol. The van der Waals surface area contributed by atoms with Crippen LogP contribution >= 0.6 is 11.6 Å². The zero-order chi connectivity index (χ0) is 22.5. The summed E-state index contributed by atoms with van der Waals surface area (Å²) >= 11 is 5.87. The van der Waals surface area contributed by atoms with Gasteiger partial charge in [0.1, 0.15) is 22.3 Å². The van der Waals surface area contributed by atoms with Crippen LogP contribution in [-0.4, -0.2) is 19.4 Å². The van der Waals surface area contributed by atoms with Crippen LogP contribution in [0, 0.1) is 17.5 Å². The fraction of sp³-hybridized carbons (Fsp3) is 0.0500. The first kappa shape index (κ1) is 21.0. The average molecular weight is 469 g/mol. The SMILES string of the molecule is O=C1NCc2cc(F)ccc2-c2cc(c(F)cc2F)NS(=O)(=O)c2cc1cc(Cl)c2O. The van der Waals surface area contributed by atoms with E-state index in [9.17, 15) is 31.5 Å². The molecular formula is C20H12ClF3N2O4S. The highest BCUT2D eigenvalue weighted by atomic mass is 35.5. The molecule has 160 valence electrons. The molecule has 3 aromatic carbocycles. The molecule has 0 aromatic heterocycles. The van der Waals surface area contributed by atoms with E-state index in [1.54, 1.807) is 0 Å². The van der Waals surface area contributed by atoms with Crippen molar-refractivity contribution in [3.8, 4) is 16.9 Å². The Balaban J connectivity index is 2.02. The number of amides is 1. The van der Waals surface area contributed by atoms with Crippen molar-refractivity contribution in [2.24, 2.45) is 0 Å². The fourth-order valence-electron chi connectivity index (χ4n) is 3.19. The number of phenols is 1. The molecule has 0 atom stereocenters. The topological polar surface area (TPSA) is 95.5 Å². The van der Waals surface area contributed by atoms with Gasteiger partial charge in [0, 0.05) is 23.7 Å². The Labute approximate surface area is 179 Å². The summed E-state index contributed by atoms with van der Waals surface area (Å²) < 4.78 is 70.3. The molecule has 0 saturated carbocycles. The highest BCUT2D eigenvalue weighted by Crippen LogP contribution is 2.36. The molecule has 1 aliphatic heterocycles. The number of hydrogen-bond acceptors (Lipinski definition) is 4. The first-order valence-corrected chi connectivity index (χ1v) is 10.5. The van der Waals surface area contributed by atoms with Gasteiger partial charge in [-0.1, -0.05) is 17.7 Å². The van der Waals surface area contributed by atoms with E-state index in [0.717, 1.165) is 30.3 Å². The van der Waals surface area contributed by atoms with Crippen LogP contribution in [0.2, 0.25) is 5.02 Å². The molecule has 1 amide bonds. The van der Waals surface area contributed by atoms with Crippen molar-refractivity contribution in [1.29, 1.82) is 0 Å². The zero-order valence-electron chi connectivity index (χ0n) is 15.3. The number of aromatic hydroxyl groups is 1. The van der Waals surface area contributed by atoms with E-state index in [4.69, 9.17) is 11.6 Å². The molecule has 4 bridgehead atoms. The molecule has 1 aliphatic rings. The van der Waals surface area contributed by atoms with Crippen LogP contribution in [-0.2, 0) is 16.6 Å². The van der Waals surface area contributed by atoms with E-state index < -0.39 is 54.7 Å². The Bertz CT molecular complexity index is 1360. The third-order valence-corrected chi connectivity index (χ3v) is 6.35. The smallest absolute Gasteiger partial charge is 0.265 e. The van der Waals surface area contributed by atoms with E-state index in [0.29, 0.717) is 6.07 Å². The number of benzene rings is 3. The Hall–Kier alpha value is -3.24. The first-order chi connectivity index (χ1) is 14.6. The van der Waals surface area contributed by atoms with Crippen LogP contribution in [0.1, 0.15) is 15.9 Å². The van der Waals surface area contributed by atoms with E-state index >= 15 is 0 Å². The Kier molecular flexibility index (Phi) is 5.06.